The van der Waals surface area contributed by atoms with Gasteiger partial charge in [0.05, 0.1) is 0 Å². The van der Waals surface area contributed by atoms with E-state index < -0.39 is 76.6 Å². The molecule has 0 bridgehead atoms. The Bertz CT molecular complexity index is 703. The van der Waals surface area contributed by atoms with Crippen molar-refractivity contribution in [2.75, 3.05) is 0 Å². The fourth-order valence-electron chi connectivity index (χ4n) is 4.38. The summed E-state index contributed by atoms with van der Waals surface area (Å²) >= 11 is 0. The molecule has 0 aromatic heterocycles. The molecule has 8 nitrogen and oxygen atoms in total. The highest BCUT2D eigenvalue weighted by Gasteiger charge is 2.62. The summed E-state index contributed by atoms with van der Waals surface area (Å²) in [5.74, 6) is 0. The second-order valence-corrected chi connectivity index (χ2v) is 52.5. The highest BCUT2D eigenvalue weighted by molar-refractivity contribution is 6.94. The average molecular weight is 710 g/mol. The topological polar surface area (TPSA) is 73.8 Å². The summed E-state index contributed by atoms with van der Waals surface area (Å²) in [6, 6.07) is 0. The predicted octanol–water partition coefficient (Wildman–Crippen LogP) is 8.48. The van der Waals surface area contributed by atoms with Gasteiger partial charge in [-0.1, -0.05) is 13.8 Å². The summed E-state index contributed by atoms with van der Waals surface area (Å²) in [5, 5.41) is 0. The van der Waals surface area contributed by atoms with E-state index in [-0.39, 0.29) is 5.54 Å². The van der Waals surface area contributed by atoms with Gasteiger partial charge in [0.25, 0.3) is 0 Å². The predicted molar refractivity (Wildman–Crippen MR) is 187 cm³/mol. The van der Waals surface area contributed by atoms with E-state index in [0.717, 1.165) is 0 Å². The molecule has 0 unspecified atom stereocenters. The third kappa shape index (κ3) is 18.1. The van der Waals surface area contributed by atoms with Crippen molar-refractivity contribution in [3.8, 4) is 0 Å². The van der Waals surface area contributed by atoms with Crippen LogP contribution in [0.1, 0.15) is 13.8 Å². The van der Waals surface area contributed by atoms with Gasteiger partial charge in [0.1, 0.15) is 0 Å². The lowest BCUT2D eigenvalue weighted by molar-refractivity contribution is 0.131. The molecule has 0 aromatic rings. The zero-order valence-corrected chi connectivity index (χ0v) is 38.3. The van der Waals surface area contributed by atoms with Gasteiger partial charge < -0.3 is 32.9 Å². The molecule has 39 heavy (non-hydrogen) atoms. The molecule has 236 valence electrons. The quantitative estimate of drug-likeness (QED) is 0.139. The van der Waals surface area contributed by atoms with Crippen LogP contribution >= 0.6 is 0 Å². The SMILES string of the molecule is CC(C)[Si](O[Si](C)(C)O[Si](C)(C)C)(O[Si](C)(O[Si](C)(C)C)O[Si](C)(C)C)O[Si](C)(O[Si](C)(C)C)O[Si](C)(C)C. The van der Waals surface area contributed by atoms with Crippen LogP contribution in [0, 0.1) is 0 Å². The molecule has 17 heteroatoms. The smallest absolute Gasteiger partial charge is 0.437 e. The van der Waals surface area contributed by atoms with Gasteiger partial charge in [-0.2, -0.15) is 0 Å². The monoisotopic (exact) mass is 708 g/mol. The molecular weight excluding hydrogens is 645 g/mol. The Labute approximate surface area is 252 Å². The summed E-state index contributed by atoms with van der Waals surface area (Å²) in [7, 11) is -23.0. The van der Waals surface area contributed by atoms with E-state index in [1.807, 2.05) is 13.1 Å². The summed E-state index contributed by atoms with van der Waals surface area (Å²) in [5.41, 5.74) is -0.0981. The van der Waals surface area contributed by atoms with Gasteiger partial charge in [-0.05, 0) is 111 Å². The second kappa shape index (κ2) is 13.3. The molecule has 0 amide bonds. The lowest BCUT2D eigenvalue weighted by Gasteiger charge is -2.49. The molecular formula is C22H64O8Si9. The molecule has 0 saturated carbocycles. The Morgan fingerprint density at radius 3 is 0.718 bits per heavy atom. The number of hydrogen-bond acceptors (Lipinski definition) is 8. The minimum Gasteiger partial charge on any atom is -0.437 e. The van der Waals surface area contributed by atoms with Gasteiger partial charge in [0.15, 0.2) is 41.6 Å². The molecule has 0 aromatic carbocycles. The maximum absolute atomic E-state index is 7.25. The molecule has 0 aliphatic heterocycles. The van der Waals surface area contributed by atoms with Crippen LogP contribution in [-0.2, 0) is 32.9 Å². The van der Waals surface area contributed by atoms with Gasteiger partial charge >= 0.3 is 35.0 Å². The Balaban J connectivity index is 7.25. The highest BCUT2D eigenvalue weighted by Crippen LogP contribution is 2.39. The fourth-order valence-corrected chi connectivity index (χ4v) is 43.2. The Hall–Kier alpha value is 1.63. The maximum atomic E-state index is 7.25. The molecule has 0 spiro atoms. The van der Waals surface area contributed by atoms with Crippen molar-refractivity contribution in [3.05, 3.63) is 0 Å². The summed E-state index contributed by atoms with van der Waals surface area (Å²) in [4.78, 5) is 0. The number of hydrogen-bond donors (Lipinski definition) is 0. The molecule has 0 radical (unpaired) electrons. The van der Waals surface area contributed by atoms with Crippen LogP contribution in [0.25, 0.3) is 0 Å². The van der Waals surface area contributed by atoms with Crippen molar-refractivity contribution in [3.63, 3.8) is 0 Å². The van der Waals surface area contributed by atoms with Crippen molar-refractivity contribution < 1.29 is 32.9 Å². The van der Waals surface area contributed by atoms with Crippen LogP contribution in [-0.4, -0.2) is 76.6 Å². The van der Waals surface area contributed by atoms with E-state index in [1.54, 1.807) is 0 Å². The lowest BCUT2D eigenvalue weighted by atomic mass is 10.6. The van der Waals surface area contributed by atoms with Crippen LogP contribution in [0.3, 0.4) is 0 Å². The van der Waals surface area contributed by atoms with E-state index in [0.29, 0.717) is 0 Å². The van der Waals surface area contributed by atoms with Gasteiger partial charge in [0, 0.05) is 18.6 Å². The van der Waals surface area contributed by atoms with Crippen molar-refractivity contribution in [1.82, 2.24) is 0 Å². The Morgan fingerprint density at radius 1 is 0.308 bits per heavy atom. The number of rotatable bonds is 17. The first-order chi connectivity index (χ1) is 16.6. The van der Waals surface area contributed by atoms with E-state index in [2.05, 4.69) is 125 Å². The first kappa shape index (κ1) is 40.6. The van der Waals surface area contributed by atoms with Gasteiger partial charge in [0.2, 0.25) is 0 Å². The summed E-state index contributed by atoms with van der Waals surface area (Å²) in [6.45, 7) is 45.1. The van der Waals surface area contributed by atoms with Gasteiger partial charge in [-0.3, -0.25) is 0 Å². The van der Waals surface area contributed by atoms with E-state index in [4.69, 9.17) is 32.9 Å². The van der Waals surface area contributed by atoms with Crippen LogP contribution in [0.5, 0.6) is 0 Å². The third-order valence-corrected chi connectivity index (χ3v) is 34.2. The Morgan fingerprint density at radius 2 is 0.538 bits per heavy atom. The molecule has 0 atom stereocenters. The molecule has 0 aliphatic carbocycles. The van der Waals surface area contributed by atoms with Crippen LogP contribution < -0.4 is 0 Å². The third-order valence-electron chi connectivity index (χ3n) is 4.27. The highest BCUT2D eigenvalue weighted by atomic mass is 28.6. The van der Waals surface area contributed by atoms with E-state index >= 15 is 0 Å². The first-order valence-corrected chi connectivity index (χ1v) is 40.3. The normalized spacial score (nSPS) is 15.8. The molecule has 0 aliphatic rings. The standard InChI is InChI=1S/C22H64O8Si9/c1-22(2)39(28-36(18,19)23-31(3,4)5,29-37(20,24-32(6,7)8)25-33(9,10)11)30-38(21,26-34(12,13)14)27-35(15,16)17/h22H,1-21H3. The van der Waals surface area contributed by atoms with E-state index in [9.17, 15) is 0 Å². The maximum Gasteiger partial charge on any atom is 0.480 e. The summed E-state index contributed by atoms with van der Waals surface area (Å²) < 4.78 is 55.6. The molecule has 0 saturated heterocycles. The molecule has 0 heterocycles. The van der Waals surface area contributed by atoms with Crippen LogP contribution in [0.4, 0.5) is 0 Å². The van der Waals surface area contributed by atoms with Crippen molar-refractivity contribution in [2.24, 2.45) is 0 Å². The van der Waals surface area contributed by atoms with Crippen molar-refractivity contribution >= 4 is 76.6 Å². The zero-order valence-electron chi connectivity index (χ0n) is 29.3. The fraction of sp³-hybridized carbons (Fsp3) is 1.00. The van der Waals surface area contributed by atoms with Crippen molar-refractivity contribution in [2.45, 2.75) is 144 Å². The molecule has 0 fully saturated rings. The minimum absolute atomic E-state index is 0.0981. The zero-order chi connectivity index (χ0) is 31.7. The second-order valence-electron chi connectivity index (χ2n) is 16.3. The van der Waals surface area contributed by atoms with Crippen LogP contribution in [0.2, 0.25) is 130 Å². The van der Waals surface area contributed by atoms with Gasteiger partial charge in [-0.15, -0.1) is 0 Å². The van der Waals surface area contributed by atoms with Gasteiger partial charge in [-0.25, -0.2) is 0 Å². The summed E-state index contributed by atoms with van der Waals surface area (Å²) in [6.07, 6.45) is 0. The van der Waals surface area contributed by atoms with E-state index in [1.165, 1.54) is 0 Å². The minimum atomic E-state index is -3.61. The Kier molecular flexibility index (Phi) is 13.9. The largest absolute Gasteiger partial charge is 0.480 e. The van der Waals surface area contributed by atoms with Crippen molar-refractivity contribution in [1.29, 1.82) is 0 Å². The lowest BCUT2D eigenvalue weighted by Crippen LogP contribution is -2.70. The molecule has 0 rings (SSSR count). The average Bonchev–Trinajstić information content (AvgIpc) is 2.41. The molecule has 0 N–H and O–H groups in total. The first-order valence-electron chi connectivity index (χ1n) is 14.2. The van der Waals surface area contributed by atoms with Crippen LogP contribution in [0.15, 0.2) is 0 Å².